The third kappa shape index (κ3) is 4.22. The number of nitrogens with zero attached hydrogens (tertiary/aromatic N) is 1. The predicted octanol–water partition coefficient (Wildman–Crippen LogP) is 2.73. The number of hydrogen-bond donors (Lipinski definition) is 1. The number of para-hydroxylation sites is 1. The predicted molar refractivity (Wildman–Crippen MR) is 102 cm³/mol. The molecule has 136 valence electrons. The Kier molecular flexibility index (Phi) is 5.56. The van der Waals surface area contributed by atoms with Crippen molar-refractivity contribution in [2.45, 2.75) is 31.9 Å². The molecule has 0 radical (unpaired) electrons. The van der Waals surface area contributed by atoms with Crippen molar-refractivity contribution in [3.05, 3.63) is 46.3 Å². The second kappa shape index (κ2) is 7.86. The van der Waals surface area contributed by atoms with E-state index >= 15 is 0 Å². The first-order chi connectivity index (χ1) is 12.4. The molecule has 1 N–H and O–H groups in total. The summed E-state index contributed by atoms with van der Waals surface area (Å²) in [5.74, 6) is -0.0742. The number of thioether (sulfide) groups is 1. The number of fused-ring (bicyclic) bond motifs is 1. The lowest BCUT2D eigenvalue weighted by atomic mass is 10.1. The van der Waals surface area contributed by atoms with Gasteiger partial charge in [0.15, 0.2) is 0 Å². The van der Waals surface area contributed by atoms with Gasteiger partial charge in [0, 0.05) is 18.4 Å². The van der Waals surface area contributed by atoms with Crippen LogP contribution in [0.15, 0.2) is 44.5 Å². The molecule has 3 rings (SSSR count). The minimum atomic E-state index is -0.602. The van der Waals surface area contributed by atoms with E-state index in [-0.39, 0.29) is 17.9 Å². The molecule has 1 atom stereocenters. The van der Waals surface area contributed by atoms with Gasteiger partial charge in [0.25, 0.3) is 5.91 Å². The Bertz CT molecular complexity index is 933. The van der Waals surface area contributed by atoms with Gasteiger partial charge in [-0.15, -0.1) is 0 Å². The van der Waals surface area contributed by atoms with Crippen molar-refractivity contribution in [3.63, 3.8) is 0 Å². The van der Waals surface area contributed by atoms with Gasteiger partial charge in [0.05, 0.1) is 5.56 Å². The first-order valence-electron chi connectivity index (χ1n) is 8.53. The SMILES string of the molecule is CC(C)CCNC(=O)CC1SC(c2cc3ccccc3oc2=O)=NC1=O. The van der Waals surface area contributed by atoms with Gasteiger partial charge >= 0.3 is 5.63 Å². The number of hydrogen-bond acceptors (Lipinski definition) is 5. The summed E-state index contributed by atoms with van der Waals surface area (Å²) in [7, 11) is 0. The molecule has 0 spiro atoms. The van der Waals surface area contributed by atoms with Gasteiger partial charge in [0.2, 0.25) is 5.91 Å². The van der Waals surface area contributed by atoms with Crippen molar-refractivity contribution >= 4 is 39.6 Å². The molecular formula is C19H20N2O4S. The highest BCUT2D eigenvalue weighted by molar-refractivity contribution is 8.16. The van der Waals surface area contributed by atoms with Crippen LogP contribution in [-0.2, 0) is 9.59 Å². The smallest absolute Gasteiger partial charge is 0.346 e. The summed E-state index contributed by atoms with van der Waals surface area (Å²) < 4.78 is 5.29. The molecule has 26 heavy (non-hydrogen) atoms. The van der Waals surface area contributed by atoms with Crippen LogP contribution < -0.4 is 10.9 Å². The third-order valence-corrected chi connectivity index (χ3v) is 5.21. The molecule has 1 aromatic heterocycles. The topological polar surface area (TPSA) is 88.7 Å². The Balaban J connectivity index is 1.69. The maximum absolute atomic E-state index is 12.2. The van der Waals surface area contributed by atoms with E-state index in [1.165, 1.54) is 0 Å². The standard InChI is InChI=1S/C19H20N2O4S/c1-11(2)7-8-20-16(22)10-15-17(23)21-18(26-15)13-9-12-5-3-4-6-14(12)25-19(13)24/h3-6,9,11,15H,7-8,10H2,1-2H3,(H,20,22). The largest absolute Gasteiger partial charge is 0.422 e. The molecule has 0 saturated heterocycles. The van der Waals surface area contributed by atoms with Crippen LogP contribution in [0.2, 0.25) is 0 Å². The minimum absolute atomic E-state index is 0.0491. The third-order valence-electron chi connectivity index (χ3n) is 4.03. The summed E-state index contributed by atoms with van der Waals surface area (Å²) in [6.07, 6.45) is 0.935. The summed E-state index contributed by atoms with van der Waals surface area (Å²) in [6.45, 7) is 4.75. The Hall–Kier alpha value is -2.41. The lowest BCUT2D eigenvalue weighted by Crippen LogP contribution is -2.29. The maximum Gasteiger partial charge on any atom is 0.346 e. The highest BCUT2D eigenvalue weighted by Crippen LogP contribution is 2.29. The quantitative estimate of drug-likeness (QED) is 0.788. The van der Waals surface area contributed by atoms with E-state index in [4.69, 9.17) is 4.42 Å². The number of amides is 2. The lowest BCUT2D eigenvalue weighted by Gasteiger charge is -2.09. The summed E-state index contributed by atoms with van der Waals surface area (Å²) in [6, 6.07) is 8.82. The minimum Gasteiger partial charge on any atom is -0.422 e. The van der Waals surface area contributed by atoms with Crippen LogP contribution in [0.4, 0.5) is 0 Å². The summed E-state index contributed by atoms with van der Waals surface area (Å²) in [5.41, 5.74) is 0.201. The fourth-order valence-electron chi connectivity index (χ4n) is 2.59. The molecule has 0 bridgehead atoms. The molecule has 0 saturated carbocycles. The average Bonchev–Trinajstić information content (AvgIpc) is 2.94. The zero-order chi connectivity index (χ0) is 18.7. The molecule has 2 aromatic rings. The Morgan fingerprint density at radius 2 is 2.08 bits per heavy atom. The molecule has 1 aliphatic heterocycles. The van der Waals surface area contributed by atoms with Crippen molar-refractivity contribution in [2.24, 2.45) is 10.9 Å². The normalized spacial score (nSPS) is 17.0. The summed E-state index contributed by atoms with van der Waals surface area (Å²) >= 11 is 1.14. The molecule has 1 aliphatic rings. The van der Waals surface area contributed by atoms with Crippen molar-refractivity contribution in [3.8, 4) is 0 Å². The highest BCUT2D eigenvalue weighted by atomic mass is 32.2. The van der Waals surface area contributed by atoms with Gasteiger partial charge in [-0.25, -0.2) is 9.79 Å². The molecule has 1 aromatic carbocycles. The number of benzene rings is 1. The first kappa shape index (κ1) is 18.4. The van der Waals surface area contributed by atoms with Crippen molar-refractivity contribution < 1.29 is 14.0 Å². The summed E-state index contributed by atoms with van der Waals surface area (Å²) in [4.78, 5) is 40.3. The molecular weight excluding hydrogens is 352 g/mol. The first-order valence-corrected chi connectivity index (χ1v) is 9.41. The van der Waals surface area contributed by atoms with Crippen LogP contribution in [0.5, 0.6) is 0 Å². The van der Waals surface area contributed by atoms with Crippen LogP contribution in [0.3, 0.4) is 0 Å². The zero-order valence-electron chi connectivity index (χ0n) is 14.7. The van der Waals surface area contributed by atoms with E-state index in [1.807, 2.05) is 12.1 Å². The van der Waals surface area contributed by atoms with Crippen molar-refractivity contribution in [2.75, 3.05) is 6.54 Å². The molecule has 1 unspecified atom stereocenters. The molecule has 0 aliphatic carbocycles. The fourth-order valence-corrected chi connectivity index (χ4v) is 3.66. The fraction of sp³-hybridized carbons (Fsp3) is 0.368. The Labute approximate surface area is 155 Å². The number of nitrogens with one attached hydrogen (secondary N) is 1. The molecule has 2 heterocycles. The number of carbonyl (C=O) groups excluding carboxylic acids is 2. The van der Waals surface area contributed by atoms with Crippen LogP contribution in [0.25, 0.3) is 11.0 Å². The average molecular weight is 372 g/mol. The molecule has 2 amide bonds. The van der Waals surface area contributed by atoms with Crippen LogP contribution >= 0.6 is 11.8 Å². The van der Waals surface area contributed by atoms with E-state index < -0.39 is 16.8 Å². The van der Waals surface area contributed by atoms with E-state index in [0.717, 1.165) is 23.6 Å². The van der Waals surface area contributed by atoms with Gasteiger partial charge in [-0.2, -0.15) is 0 Å². The zero-order valence-corrected chi connectivity index (χ0v) is 15.5. The Morgan fingerprint density at radius 3 is 2.85 bits per heavy atom. The maximum atomic E-state index is 12.2. The van der Waals surface area contributed by atoms with Gasteiger partial charge in [-0.05, 0) is 24.5 Å². The number of aliphatic imine (C=N–C) groups is 1. The molecule has 7 heteroatoms. The van der Waals surface area contributed by atoms with Gasteiger partial charge in [0.1, 0.15) is 15.9 Å². The van der Waals surface area contributed by atoms with Gasteiger partial charge in [-0.1, -0.05) is 43.8 Å². The Morgan fingerprint density at radius 1 is 1.31 bits per heavy atom. The monoisotopic (exact) mass is 372 g/mol. The molecule has 6 nitrogen and oxygen atoms in total. The van der Waals surface area contributed by atoms with Crippen molar-refractivity contribution in [1.29, 1.82) is 0 Å². The second-order valence-electron chi connectivity index (χ2n) is 6.58. The van der Waals surface area contributed by atoms with Gasteiger partial charge < -0.3 is 9.73 Å². The highest BCUT2D eigenvalue weighted by Gasteiger charge is 2.32. The van der Waals surface area contributed by atoms with Crippen LogP contribution in [-0.4, -0.2) is 28.7 Å². The van der Waals surface area contributed by atoms with Crippen LogP contribution in [0, 0.1) is 5.92 Å². The summed E-state index contributed by atoms with van der Waals surface area (Å²) in [5, 5.41) is 3.29. The number of carbonyl (C=O) groups is 2. The van der Waals surface area contributed by atoms with E-state index in [1.54, 1.807) is 18.2 Å². The van der Waals surface area contributed by atoms with E-state index in [2.05, 4.69) is 24.2 Å². The van der Waals surface area contributed by atoms with E-state index in [9.17, 15) is 14.4 Å². The van der Waals surface area contributed by atoms with Crippen molar-refractivity contribution in [1.82, 2.24) is 5.32 Å². The van der Waals surface area contributed by atoms with E-state index in [0.29, 0.717) is 23.1 Å². The van der Waals surface area contributed by atoms with Crippen LogP contribution in [0.1, 0.15) is 32.3 Å². The number of rotatable bonds is 6. The van der Waals surface area contributed by atoms with Gasteiger partial charge in [-0.3, -0.25) is 9.59 Å². The molecule has 0 fully saturated rings. The lowest BCUT2D eigenvalue weighted by molar-refractivity contribution is -0.124. The second-order valence-corrected chi connectivity index (χ2v) is 7.78.